The zero-order chi connectivity index (χ0) is 12.3. The van der Waals surface area contributed by atoms with E-state index in [0.29, 0.717) is 6.04 Å². The first-order valence-corrected chi connectivity index (χ1v) is 6.33. The highest BCUT2D eigenvalue weighted by molar-refractivity contribution is 5.45. The van der Waals surface area contributed by atoms with Crippen molar-refractivity contribution < 1.29 is 0 Å². The summed E-state index contributed by atoms with van der Waals surface area (Å²) in [6.07, 6.45) is 1.27. The molecule has 0 aliphatic carbocycles. The van der Waals surface area contributed by atoms with E-state index in [2.05, 4.69) is 60.5 Å². The van der Waals surface area contributed by atoms with Crippen molar-refractivity contribution >= 4 is 5.69 Å². The van der Waals surface area contributed by atoms with E-state index < -0.39 is 0 Å². The summed E-state index contributed by atoms with van der Waals surface area (Å²) in [6.45, 7) is 3.37. The minimum absolute atomic E-state index is 0.661. The van der Waals surface area contributed by atoms with Crippen molar-refractivity contribution in [2.75, 3.05) is 39.1 Å². The molecule has 1 N–H and O–H groups in total. The van der Waals surface area contributed by atoms with Gasteiger partial charge in [-0.15, -0.1) is 0 Å². The van der Waals surface area contributed by atoms with Gasteiger partial charge >= 0.3 is 0 Å². The third kappa shape index (κ3) is 3.45. The summed E-state index contributed by atoms with van der Waals surface area (Å²) in [5.41, 5.74) is 2.62. The van der Waals surface area contributed by atoms with Crippen LogP contribution < -0.4 is 10.2 Å². The molecule has 1 unspecified atom stereocenters. The maximum Gasteiger partial charge on any atom is 0.0361 e. The quantitative estimate of drug-likeness (QED) is 0.851. The first kappa shape index (κ1) is 12.4. The molecule has 0 amide bonds. The van der Waals surface area contributed by atoms with Crippen LogP contribution in [0.3, 0.4) is 0 Å². The first-order chi connectivity index (χ1) is 8.15. The summed E-state index contributed by atoms with van der Waals surface area (Å²) in [7, 11) is 6.33. The van der Waals surface area contributed by atoms with Gasteiger partial charge in [-0.1, -0.05) is 12.1 Å². The smallest absolute Gasteiger partial charge is 0.0361 e. The summed E-state index contributed by atoms with van der Waals surface area (Å²) in [6, 6.07) is 9.44. The van der Waals surface area contributed by atoms with Gasteiger partial charge in [0.05, 0.1) is 0 Å². The van der Waals surface area contributed by atoms with Crippen LogP contribution in [-0.4, -0.2) is 45.2 Å². The average Bonchev–Trinajstić information content (AvgIpc) is 2.73. The molecule has 0 radical (unpaired) electrons. The van der Waals surface area contributed by atoms with Crippen LogP contribution in [0.25, 0.3) is 0 Å². The summed E-state index contributed by atoms with van der Waals surface area (Å²) in [5, 5.41) is 3.62. The van der Waals surface area contributed by atoms with Gasteiger partial charge in [-0.3, -0.25) is 0 Å². The minimum atomic E-state index is 0.661. The lowest BCUT2D eigenvalue weighted by molar-refractivity contribution is 0.397. The number of nitrogens with one attached hydrogen (secondary N) is 1. The molecule has 17 heavy (non-hydrogen) atoms. The average molecular weight is 233 g/mol. The van der Waals surface area contributed by atoms with E-state index in [1.807, 2.05) is 0 Å². The monoisotopic (exact) mass is 233 g/mol. The molecule has 0 saturated carbocycles. The molecule has 1 aromatic rings. The Labute approximate surface area is 104 Å². The molecule has 0 aromatic heterocycles. The molecular weight excluding hydrogens is 210 g/mol. The van der Waals surface area contributed by atoms with Crippen molar-refractivity contribution in [2.24, 2.45) is 0 Å². The highest BCUT2D eigenvalue weighted by atomic mass is 15.2. The lowest BCUT2D eigenvalue weighted by atomic mass is 10.2. The van der Waals surface area contributed by atoms with Gasteiger partial charge in [0.1, 0.15) is 0 Å². The second kappa shape index (κ2) is 5.52. The third-order valence-electron chi connectivity index (χ3n) is 3.44. The van der Waals surface area contributed by atoms with E-state index in [4.69, 9.17) is 0 Å². The van der Waals surface area contributed by atoms with Crippen LogP contribution in [-0.2, 0) is 6.54 Å². The molecule has 0 bridgehead atoms. The van der Waals surface area contributed by atoms with Crippen molar-refractivity contribution in [1.82, 2.24) is 10.2 Å². The Balaban J connectivity index is 1.83. The molecule has 1 atom stereocenters. The fraction of sp³-hybridized carbons (Fsp3) is 0.571. The van der Waals surface area contributed by atoms with Gasteiger partial charge in [0.25, 0.3) is 0 Å². The normalized spacial score (nSPS) is 20.8. The first-order valence-electron chi connectivity index (χ1n) is 6.33. The summed E-state index contributed by atoms with van der Waals surface area (Å²) in [4.78, 5) is 4.51. The van der Waals surface area contributed by atoms with Gasteiger partial charge in [0.2, 0.25) is 0 Å². The predicted octanol–water partition coefficient (Wildman–Crippen LogP) is 1.55. The number of hydrogen-bond acceptors (Lipinski definition) is 3. The number of rotatable bonds is 4. The highest BCUT2D eigenvalue weighted by Crippen LogP contribution is 2.13. The van der Waals surface area contributed by atoms with Crippen LogP contribution in [0.15, 0.2) is 24.3 Å². The molecule has 3 heteroatoms. The Bertz CT molecular complexity index is 345. The molecule has 1 aliphatic rings. The molecular formula is C14H23N3. The van der Waals surface area contributed by atoms with Gasteiger partial charge in [0, 0.05) is 38.9 Å². The zero-order valence-corrected chi connectivity index (χ0v) is 11.1. The van der Waals surface area contributed by atoms with Crippen LogP contribution in [0.5, 0.6) is 0 Å². The standard InChI is InChI=1S/C14H23N3/c1-16(2)14-6-4-12(5-7-14)10-15-13-8-9-17(3)11-13/h4-7,13,15H,8-11H2,1-3H3. The Morgan fingerprint density at radius 1 is 1.29 bits per heavy atom. The van der Waals surface area contributed by atoms with Crippen LogP contribution in [0, 0.1) is 0 Å². The summed E-state index contributed by atoms with van der Waals surface area (Å²) in [5.74, 6) is 0. The van der Waals surface area contributed by atoms with E-state index in [0.717, 1.165) is 6.54 Å². The van der Waals surface area contributed by atoms with Crippen molar-refractivity contribution in [3.8, 4) is 0 Å². The molecule has 2 rings (SSSR count). The number of hydrogen-bond donors (Lipinski definition) is 1. The molecule has 1 fully saturated rings. The fourth-order valence-electron chi connectivity index (χ4n) is 2.28. The van der Waals surface area contributed by atoms with Gasteiger partial charge in [0.15, 0.2) is 0 Å². The number of likely N-dealkylation sites (tertiary alicyclic amines) is 1. The molecule has 94 valence electrons. The maximum atomic E-state index is 3.62. The van der Waals surface area contributed by atoms with E-state index in [9.17, 15) is 0 Å². The fourth-order valence-corrected chi connectivity index (χ4v) is 2.28. The van der Waals surface area contributed by atoms with Crippen molar-refractivity contribution in [1.29, 1.82) is 0 Å². The van der Waals surface area contributed by atoms with Gasteiger partial charge in [-0.25, -0.2) is 0 Å². The van der Waals surface area contributed by atoms with Crippen LogP contribution in [0.1, 0.15) is 12.0 Å². The van der Waals surface area contributed by atoms with E-state index in [1.54, 1.807) is 0 Å². The lowest BCUT2D eigenvalue weighted by Gasteiger charge is -2.15. The second-order valence-electron chi connectivity index (χ2n) is 5.19. The highest BCUT2D eigenvalue weighted by Gasteiger charge is 2.18. The Morgan fingerprint density at radius 3 is 2.53 bits per heavy atom. The van der Waals surface area contributed by atoms with Crippen molar-refractivity contribution in [3.05, 3.63) is 29.8 Å². The van der Waals surface area contributed by atoms with Crippen molar-refractivity contribution in [2.45, 2.75) is 19.0 Å². The second-order valence-corrected chi connectivity index (χ2v) is 5.19. The van der Waals surface area contributed by atoms with Gasteiger partial charge in [-0.05, 0) is 37.7 Å². The summed E-state index contributed by atoms with van der Waals surface area (Å²) >= 11 is 0. The van der Waals surface area contributed by atoms with E-state index >= 15 is 0 Å². The summed E-state index contributed by atoms with van der Waals surface area (Å²) < 4.78 is 0. The number of anilines is 1. The third-order valence-corrected chi connectivity index (χ3v) is 3.44. The number of likely N-dealkylation sites (N-methyl/N-ethyl adjacent to an activating group) is 1. The lowest BCUT2D eigenvalue weighted by Crippen LogP contribution is -2.30. The topological polar surface area (TPSA) is 18.5 Å². The number of nitrogens with zero attached hydrogens (tertiary/aromatic N) is 2. The van der Waals surface area contributed by atoms with E-state index in [1.165, 1.54) is 30.8 Å². The van der Waals surface area contributed by atoms with Crippen LogP contribution in [0.2, 0.25) is 0 Å². The van der Waals surface area contributed by atoms with E-state index in [-0.39, 0.29) is 0 Å². The Hall–Kier alpha value is -1.06. The SMILES string of the molecule is CN1CCC(NCc2ccc(N(C)C)cc2)C1. The molecule has 0 spiro atoms. The van der Waals surface area contributed by atoms with Gasteiger partial charge in [-0.2, -0.15) is 0 Å². The molecule has 1 saturated heterocycles. The Kier molecular flexibility index (Phi) is 4.02. The number of benzene rings is 1. The van der Waals surface area contributed by atoms with Crippen LogP contribution in [0.4, 0.5) is 5.69 Å². The Morgan fingerprint density at radius 2 is 2.00 bits per heavy atom. The van der Waals surface area contributed by atoms with Crippen LogP contribution >= 0.6 is 0 Å². The van der Waals surface area contributed by atoms with Crippen molar-refractivity contribution in [3.63, 3.8) is 0 Å². The molecule has 1 aromatic carbocycles. The predicted molar refractivity (Wildman–Crippen MR) is 73.5 cm³/mol. The largest absolute Gasteiger partial charge is 0.378 e. The molecule has 1 heterocycles. The molecule has 3 nitrogen and oxygen atoms in total. The van der Waals surface area contributed by atoms with Gasteiger partial charge < -0.3 is 15.1 Å². The maximum absolute atomic E-state index is 3.62. The minimum Gasteiger partial charge on any atom is -0.378 e. The zero-order valence-electron chi connectivity index (χ0n) is 11.1. The molecule has 1 aliphatic heterocycles.